The summed E-state index contributed by atoms with van der Waals surface area (Å²) in [4.78, 5) is 32.1. The summed E-state index contributed by atoms with van der Waals surface area (Å²) >= 11 is 0. The van der Waals surface area contributed by atoms with E-state index in [0.29, 0.717) is 12.8 Å². The van der Waals surface area contributed by atoms with E-state index in [4.69, 9.17) is 0 Å². The van der Waals surface area contributed by atoms with Crippen molar-refractivity contribution >= 4 is 24.1 Å². The molecule has 0 unspecified atom stereocenters. The van der Waals surface area contributed by atoms with Crippen LogP contribution in [0.15, 0.2) is 72.8 Å². The van der Waals surface area contributed by atoms with Crippen molar-refractivity contribution in [1.82, 2.24) is 0 Å². The fraction of sp³-hybridized carbons (Fsp3) is 0.182. The molecule has 134 valence electrons. The van der Waals surface area contributed by atoms with Gasteiger partial charge in [-0.05, 0) is 24.0 Å². The summed E-state index contributed by atoms with van der Waals surface area (Å²) in [5, 5.41) is 0. The number of rotatable bonds is 8. The third-order valence-electron chi connectivity index (χ3n) is 3.48. The van der Waals surface area contributed by atoms with Crippen LogP contribution in [0.3, 0.4) is 0 Å². The van der Waals surface area contributed by atoms with Crippen molar-refractivity contribution in [2.75, 3.05) is 0 Å². The van der Waals surface area contributed by atoms with E-state index in [-0.39, 0.29) is 12.8 Å². The molecule has 0 amide bonds. The largest absolute Gasteiger partial charge is 0.355 e. The quantitative estimate of drug-likeness (QED) is 0.498. The molecule has 0 bridgehead atoms. The second-order valence-electron chi connectivity index (χ2n) is 5.61. The maximum atomic E-state index is 11.5. The summed E-state index contributed by atoms with van der Waals surface area (Å²) in [6, 6.07) is 19.6. The Morgan fingerprint density at radius 3 is 1.42 bits per heavy atom. The molecular formula is C22H22O4. The summed E-state index contributed by atoms with van der Waals surface area (Å²) in [6.07, 6.45) is 8.97. The molecule has 0 saturated heterocycles. The first-order chi connectivity index (χ1) is 12.7. The molecule has 0 spiro atoms. The zero-order chi connectivity index (χ0) is 18.5. The molecule has 0 aliphatic heterocycles. The van der Waals surface area contributed by atoms with Gasteiger partial charge in [-0.15, -0.1) is 0 Å². The first-order valence-electron chi connectivity index (χ1n) is 8.57. The highest BCUT2D eigenvalue weighted by molar-refractivity contribution is 5.73. The highest BCUT2D eigenvalue weighted by atomic mass is 17.2. The van der Waals surface area contributed by atoms with Gasteiger partial charge in [-0.1, -0.05) is 85.0 Å². The van der Waals surface area contributed by atoms with Crippen molar-refractivity contribution in [3.63, 3.8) is 0 Å². The molecule has 4 heteroatoms. The summed E-state index contributed by atoms with van der Waals surface area (Å²) in [5.41, 5.74) is 2.13. The first-order valence-corrected chi connectivity index (χ1v) is 8.57. The van der Waals surface area contributed by atoms with Crippen LogP contribution in [0, 0.1) is 0 Å². The van der Waals surface area contributed by atoms with Crippen molar-refractivity contribution < 1.29 is 19.4 Å². The van der Waals surface area contributed by atoms with Gasteiger partial charge in [-0.3, -0.25) is 0 Å². The van der Waals surface area contributed by atoms with Gasteiger partial charge in [-0.2, -0.15) is 0 Å². The Morgan fingerprint density at radius 1 is 0.654 bits per heavy atom. The molecule has 0 atom stereocenters. The second kappa shape index (κ2) is 11.4. The Bertz CT molecular complexity index is 668. The van der Waals surface area contributed by atoms with Crippen LogP contribution in [0.1, 0.15) is 36.8 Å². The highest BCUT2D eigenvalue weighted by Crippen LogP contribution is 2.05. The van der Waals surface area contributed by atoms with Gasteiger partial charge in [-0.25, -0.2) is 19.4 Å². The fourth-order valence-corrected chi connectivity index (χ4v) is 2.15. The van der Waals surface area contributed by atoms with Gasteiger partial charge in [0.15, 0.2) is 0 Å². The average molecular weight is 350 g/mol. The van der Waals surface area contributed by atoms with Crippen LogP contribution in [0.4, 0.5) is 0 Å². The van der Waals surface area contributed by atoms with Crippen molar-refractivity contribution in [3.8, 4) is 0 Å². The van der Waals surface area contributed by atoms with Crippen LogP contribution in [0.25, 0.3) is 12.2 Å². The van der Waals surface area contributed by atoms with E-state index in [1.807, 2.05) is 85.0 Å². The van der Waals surface area contributed by atoms with E-state index in [0.717, 1.165) is 11.1 Å². The molecule has 0 saturated carbocycles. The molecule has 2 rings (SSSR count). The lowest BCUT2D eigenvalue weighted by atomic mass is 10.2. The third kappa shape index (κ3) is 8.11. The van der Waals surface area contributed by atoms with Crippen LogP contribution >= 0.6 is 0 Å². The fourth-order valence-electron chi connectivity index (χ4n) is 2.15. The molecule has 0 aromatic heterocycles. The summed E-state index contributed by atoms with van der Waals surface area (Å²) in [7, 11) is 0. The normalized spacial score (nSPS) is 10.9. The van der Waals surface area contributed by atoms with Gasteiger partial charge in [0, 0.05) is 0 Å². The number of allylic oxidation sites excluding steroid dienone is 2. The molecule has 0 heterocycles. The van der Waals surface area contributed by atoms with Crippen LogP contribution in [-0.2, 0) is 19.4 Å². The Hall–Kier alpha value is -3.14. The van der Waals surface area contributed by atoms with Gasteiger partial charge < -0.3 is 0 Å². The number of carbonyl (C=O) groups is 2. The molecule has 0 radical (unpaired) electrons. The number of hydrogen-bond donors (Lipinski definition) is 0. The number of carbonyl (C=O) groups excluding carboxylic acids is 2. The van der Waals surface area contributed by atoms with Crippen molar-refractivity contribution in [3.05, 3.63) is 83.9 Å². The molecule has 2 aromatic rings. The Morgan fingerprint density at radius 2 is 1.04 bits per heavy atom. The van der Waals surface area contributed by atoms with Gasteiger partial charge in [0.2, 0.25) is 0 Å². The minimum absolute atomic E-state index is 0.157. The van der Waals surface area contributed by atoms with Crippen LogP contribution in [-0.4, -0.2) is 11.9 Å². The lowest BCUT2D eigenvalue weighted by Gasteiger charge is -2.01. The first kappa shape index (κ1) is 19.2. The van der Waals surface area contributed by atoms with Gasteiger partial charge in [0.1, 0.15) is 0 Å². The molecule has 0 aliphatic carbocycles. The summed E-state index contributed by atoms with van der Waals surface area (Å²) < 4.78 is 0. The SMILES string of the molecule is O=C(CC/C=C/c1ccccc1)OOC(=O)CC/C=C/c1ccccc1. The maximum absolute atomic E-state index is 11.5. The zero-order valence-electron chi connectivity index (χ0n) is 14.5. The Balaban J connectivity index is 1.56. The van der Waals surface area contributed by atoms with Crippen LogP contribution in [0.2, 0.25) is 0 Å². The monoisotopic (exact) mass is 350 g/mol. The van der Waals surface area contributed by atoms with E-state index in [9.17, 15) is 9.59 Å². The molecule has 0 aliphatic rings. The maximum Gasteiger partial charge on any atom is 0.355 e. The van der Waals surface area contributed by atoms with Crippen molar-refractivity contribution in [1.29, 1.82) is 0 Å². The Labute approximate surface area is 153 Å². The van der Waals surface area contributed by atoms with Gasteiger partial charge >= 0.3 is 11.9 Å². The van der Waals surface area contributed by atoms with E-state index < -0.39 is 11.9 Å². The minimum Gasteiger partial charge on any atom is -0.247 e. The van der Waals surface area contributed by atoms with E-state index in [1.165, 1.54) is 0 Å². The average Bonchev–Trinajstić information content (AvgIpc) is 2.68. The third-order valence-corrected chi connectivity index (χ3v) is 3.48. The molecule has 4 nitrogen and oxygen atoms in total. The van der Waals surface area contributed by atoms with Crippen LogP contribution < -0.4 is 0 Å². The van der Waals surface area contributed by atoms with Crippen molar-refractivity contribution in [2.45, 2.75) is 25.7 Å². The second-order valence-corrected chi connectivity index (χ2v) is 5.61. The molecular weight excluding hydrogens is 328 g/mol. The van der Waals surface area contributed by atoms with Gasteiger partial charge in [0.25, 0.3) is 0 Å². The summed E-state index contributed by atoms with van der Waals surface area (Å²) in [5.74, 6) is -1.12. The van der Waals surface area contributed by atoms with E-state index in [1.54, 1.807) is 0 Å². The predicted octanol–water partition coefficient (Wildman–Crippen LogP) is 4.98. The topological polar surface area (TPSA) is 52.6 Å². The molecule has 0 fully saturated rings. The van der Waals surface area contributed by atoms with Crippen molar-refractivity contribution in [2.24, 2.45) is 0 Å². The number of hydrogen-bond acceptors (Lipinski definition) is 4. The minimum atomic E-state index is -0.559. The smallest absolute Gasteiger partial charge is 0.247 e. The van der Waals surface area contributed by atoms with Gasteiger partial charge in [0.05, 0.1) is 12.8 Å². The zero-order valence-corrected chi connectivity index (χ0v) is 14.5. The van der Waals surface area contributed by atoms with E-state index in [2.05, 4.69) is 9.78 Å². The molecule has 0 N–H and O–H groups in total. The standard InChI is InChI=1S/C22H22O4/c23-21(17-9-7-15-19-11-3-1-4-12-19)25-26-22(24)18-10-8-16-20-13-5-2-6-14-20/h1-8,11-16H,9-10,17-18H2/b15-7+,16-8+. The Kier molecular flexibility index (Phi) is 8.43. The molecule has 26 heavy (non-hydrogen) atoms. The number of benzene rings is 2. The predicted molar refractivity (Wildman–Crippen MR) is 102 cm³/mol. The summed E-state index contributed by atoms with van der Waals surface area (Å²) in [6.45, 7) is 0. The molecule has 2 aromatic carbocycles. The lowest BCUT2D eigenvalue weighted by molar-refractivity contribution is -0.259. The highest BCUT2D eigenvalue weighted by Gasteiger charge is 2.08. The van der Waals surface area contributed by atoms with Crippen LogP contribution in [0.5, 0.6) is 0 Å². The lowest BCUT2D eigenvalue weighted by Crippen LogP contribution is -2.10. The van der Waals surface area contributed by atoms with E-state index >= 15 is 0 Å².